The summed E-state index contributed by atoms with van der Waals surface area (Å²) in [6.45, 7) is 5.58. The fourth-order valence-electron chi connectivity index (χ4n) is 4.36. The molecule has 1 saturated heterocycles. The molecule has 4 rings (SSSR count). The van der Waals surface area contributed by atoms with E-state index in [0.717, 1.165) is 42.2 Å². The molecule has 0 spiro atoms. The molecule has 2 aromatic rings. The van der Waals surface area contributed by atoms with E-state index >= 15 is 0 Å². The summed E-state index contributed by atoms with van der Waals surface area (Å²) in [6, 6.07) is 12.9. The van der Waals surface area contributed by atoms with Crippen molar-refractivity contribution in [1.82, 2.24) is 0 Å². The zero-order chi connectivity index (χ0) is 18.1. The van der Waals surface area contributed by atoms with Gasteiger partial charge in [-0.15, -0.1) is 0 Å². The standard InChI is InChI=1S/C22H27NO3/c1-4-25-19-9-5-7-16(22(19)24-3)20-15-8-6-12-26-21(15)17-13-14(2)10-11-18(17)23-20/h5,7,9-11,13,15,20-21,23H,4,6,8,12H2,1-3H3/t15-,20-,21-/m0/s1. The highest BCUT2D eigenvalue weighted by atomic mass is 16.5. The van der Waals surface area contributed by atoms with E-state index in [-0.39, 0.29) is 12.1 Å². The minimum atomic E-state index is 0.130. The minimum absolute atomic E-state index is 0.130. The van der Waals surface area contributed by atoms with Crippen molar-refractivity contribution in [1.29, 1.82) is 0 Å². The van der Waals surface area contributed by atoms with Crippen molar-refractivity contribution in [3.05, 3.63) is 53.1 Å². The molecule has 1 N–H and O–H groups in total. The lowest BCUT2D eigenvalue weighted by Crippen LogP contribution is -2.36. The number of benzene rings is 2. The molecular weight excluding hydrogens is 326 g/mol. The predicted molar refractivity (Wildman–Crippen MR) is 103 cm³/mol. The van der Waals surface area contributed by atoms with Gasteiger partial charge in [0.15, 0.2) is 11.5 Å². The van der Waals surface area contributed by atoms with Crippen LogP contribution < -0.4 is 14.8 Å². The van der Waals surface area contributed by atoms with Crippen molar-refractivity contribution < 1.29 is 14.2 Å². The first-order valence-electron chi connectivity index (χ1n) is 9.51. The molecule has 2 heterocycles. The van der Waals surface area contributed by atoms with E-state index < -0.39 is 0 Å². The van der Waals surface area contributed by atoms with Crippen LogP contribution in [-0.2, 0) is 4.74 Å². The van der Waals surface area contributed by atoms with Crippen LogP contribution in [0.5, 0.6) is 11.5 Å². The molecule has 0 radical (unpaired) electrons. The lowest BCUT2D eigenvalue weighted by atomic mass is 9.77. The van der Waals surface area contributed by atoms with Gasteiger partial charge in [0, 0.05) is 29.3 Å². The van der Waals surface area contributed by atoms with Gasteiger partial charge >= 0.3 is 0 Å². The molecule has 1 fully saturated rings. The summed E-state index contributed by atoms with van der Waals surface area (Å²) in [5.41, 5.74) is 4.86. The van der Waals surface area contributed by atoms with Gasteiger partial charge in [0.2, 0.25) is 0 Å². The summed E-state index contributed by atoms with van der Waals surface area (Å²) in [6.07, 6.45) is 2.36. The van der Waals surface area contributed by atoms with Crippen LogP contribution in [0.1, 0.15) is 48.6 Å². The number of nitrogens with one attached hydrogen (secondary N) is 1. The Morgan fingerprint density at radius 2 is 2.08 bits per heavy atom. The number of anilines is 1. The van der Waals surface area contributed by atoms with Gasteiger partial charge in [-0.05, 0) is 38.8 Å². The highest BCUT2D eigenvalue weighted by molar-refractivity contribution is 5.60. The van der Waals surface area contributed by atoms with Crippen LogP contribution in [-0.4, -0.2) is 20.3 Å². The molecule has 2 aliphatic heterocycles. The number of fused-ring (bicyclic) bond motifs is 3. The van der Waals surface area contributed by atoms with E-state index in [1.807, 2.05) is 19.1 Å². The van der Waals surface area contributed by atoms with Crippen LogP contribution in [0.15, 0.2) is 36.4 Å². The SMILES string of the molecule is CCOc1cccc([C@H]2Nc3ccc(C)cc3[C@H]3OCCC[C@@H]23)c1OC. The third-order valence-corrected chi connectivity index (χ3v) is 5.47. The van der Waals surface area contributed by atoms with Crippen molar-refractivity contribution in [2.24, 2.45) is 5.92 Å². The number of hydrogen-bond donors (Lipinski definition) is 1. The smallest absolute Gasteiger partial charge is 0.165 e. The second-order valence-corrected chi connectivity index (χ2v) is 7.12. The van der Waals surface area contributed by atoms with E-state index in [0.29, 0.717) is 12.5 Å². The third kappa shape index (κ3) is 2.92. The Hall–Kier alpha value is -2.20. The molecule has 0 aromatic heterocycles. The van der Waals surface area contributed by atoms with Crippen molar-refractivity contribution in [2.75, 3.05) is 25.6 Å². The highest BCUT2D eigenvalue weighted by Gasteiger charge is 2.41. The molecule has 0 aliphatic carbocycles. The normalized spacial score (nSPS) is 24.2. The van der Waals surface area contributed by atoms with E-state index in [1.54, 1.807) is 7.11 Å². The molecule has 4 nitrogen and oxygen atoms in total. The Balaban J connectivity index is 1.79. The number of ether oxygens (including phenoxy) is 3. The Bertz CT molecular complexity index is 789. The first-order chi connectivity index (χ1) is 12.7. The van der Waals surface area contributed by atoms with Crippen LogP contribution in [0.3, 0.4) is 0 Å². The monoisotopic (exact) mass is 353 g/mol. The zero-order valence-corrected chi connectivity index (χ0v) is 15.7. The minimum Gasteiger partial charge on any atom is -0.492 e. The molecule has 2 aliphatic rings. The van der Waals surface area contributed by atoms with Crippen LogP contribution in [0, 0.1) is 12.8 Å². The van der Waals surface area contributed by atoms with E-state index in [4.69, 9.17) is 14.2 Å². The molecule has 0 amide bonds. The zero-order valence-electron chi connectivity index (χ0n) is 15.7. The number of methoxy groups -OCH3 is 1. The molecule has 0 unspecified atom stereocenters. The fraction of sp³-hybridized carbons (Fsp3) is 0.455. The topological polar surface area (TPSA) is 39.7 Å². The summed E-state index contributed by atoms with van der Waals surface area (Å²) in [7, 11) is 1.72. The van der Waals surface area contributed by atoms with Gasteiger partial charge in [0.1, 0.15) is 0 Å². The molecule has 3 atom stereocenters. The van der Waals surface area contributed by atoms with Gasteiger partial charge in [0.05, 0.1) is 25.9 Å². The maximum atomic E-state index is 6.25. The molecule has 4 heteroatoms. The largest absolute Gasteiger partial charge is 0.492 e. The first kappa shape index (κ1) is 17.2. The highest BCUT2D eigenvalue weighted by Crippen LogP contribution is 2.51. The Kier molecular flexibility index (Phi) is 4.77. The molecule has 138 valence electrons. The molecule has 2 aromatic carbocycles. The van der Waals surface area contributed by atoms with Gasteiger partial charge in [-0.25, -0.2) is 0 Å². The Morgan fingerprint density at radius 1 is 1.19 bits per heavy atom. The number of rotatable bonds is 4. The van der Waals surface area contributed by atoms with Crippen molar-refractivity contribution in [2.45, 2.75) is 38.8 Å². The molecular formula is C22H27NO3. The van der Waals surface area contributed by atoms with Crippen molar-refractivity contribution in [3.63, 3.8) is 0 Å². The van der Waals surface area contributed by atoms with Gasteiger partial charge in [-0.3, -0.25) is 0 Å². The second kappa shape index (κ2) is 7.20. The third-order valence-electron chi connectivity index (χ3n) is 5.47. The number of para-hydroxylation sites is 1. The quantitative estimate of drug-likeness (QED) is 0.836. The van der Waals surface area contributed by atoms with Gasteiger partial charge < -0.3 is 19.5 Å². The van der Waals surface area contributed by atoms with E-state index in [2.05, 4.69) is 36.5 Å². The van der Waals surface area contributed by atoms with Crippen LogP contribution in [0.4, 0.5) is 5.69 Å². The average molecular weight is 353 g/mol. The Labute approximate surface area is 155 Å². The lowest BCUT2D eigenvalue weighted by molar-refractivity contribution is -0.0383. The summed E-state index contributed by atoms with van der Waals surface area (Å²) < 4.78 is 17.8. The first-order valence-corrected chi connectivity index (χ1v) is 9.51. The average Bonchev–Trinajstić information content (AvgIpc) is 2.67. The maximum absolute atomic E-state index is 6.25. The van der Waals surface area contributed by atoms with Gasteiger partial charge in [-0.1, -0.05) is 29.8 Å². The van der Waals surface area contributed by atoms with Gasteiger partial charge in [0.25, 0.3) is 0 Å². The summed E-state index contributed by atoms with van der Waals surface area (Å²) >= 11 is 0. The van der Waals surface area contributed by atoms with Crippen LogP contribution in [0.2, 0.25) is 0 Å². The predicted octanol–water partition coefficient (Wildman–Crippen LogP) is 5.04. The van der Waals surface area contributed by atoms with Crippen LogP contribution in [0.25, 0.3) is 0 Å². The molecule has 0 bridgehead atoms. The Morgan fingerprint density at radius 3 is 2.88 bits per heavy atom. The van der Waals surface area contributed by atoms with Crippen molar-refractivity contribution in [3.8, 4) is 11.5 Å². The summed E-state index contributed by atoms with van der Waals surface area (Å²) in [5, 5.41) is 3.77. The summed E-state index contributed by atoms with van der Waals surface area (Å²) in [4.78, 5) is 0. The van der Waals surface area contributed by atoms with Gasteiger partial charge in [-0.2, -0.15) is 0 Å². The lowest BCUT2D eigenvalue weighted by Gasteiger charge is -2.43. The number of aryl methyl sites for hydroxylation is 1. The van der Waals surface area contributed by atoms with E-state index in [9.17, 15) is 0 Å². The molecule has 26 heavy (non-hydrogen) atoms. The summed E-state index contributed by atoms with van der Waals surface area (Å²) in [5.74, 6) is 2.01. The second-order valence-electron chi connectivity index (χ2n) is 7.12. The number of hydrogen-bond acceptors (Lipinski definition) is 4. The van der Waals surface area contributed by atoms with Crippen molar-refractivity contribution >= 4 is 5.69 Å². The maximum Gasteiger partial charge on any atom is 0.165 e. The fourth-order valence-corrected chi connectivity index (χ4v) is 4.36. The van der Waals surface area contributed by atoms with E-state index in [1.165, 1.54) is 11.1 Å². The molecule has 0 saturated carbocycles. The van der Waals surface area contributed by atoms with Crippen LogP contribution >= 0.6 is 0 Å².